The van der Waals surface area contributed by atoms with Crippen molar-refractivity contribution in [1.82, 2.24) is 15.2 Å². The van der Waals surface area contributed by atoms with Gasteiger partial charge in [-0.3, -0.25) is 19.8 Å². The summed E-state index contributed by atoms with van der Waals surface area (Å²) in [5.74, 6) is 1.38. The molecule has 1 N–H and O–H groups in total. The highest BCUT2D eigenvalue weighted by Gasteiger charge is 2.33. The fourth-order valence-corrected chi connectivity index (χ4v) is 3.39. The first-order valence-corrected chi connectivity index (χ1v) is 11.5. The molecule has 2 rings (SSSR count). The fraction of sp³-hybridized carbons (Fsp3) is 0.476. The number of allylic oxidation sites excluding steroid dienone is 1. The summed E-state index contributed by atoms with van der Waals surface area (Å²) in [5, 5.41) is 3.04. The molecule has 0 aliphatic heterocycles. The summed E-state index contributed by atoms with van der Waals surface area (Å²) in [6.45, 7) is 7.93. The molecule has 9 heteroatoms. The number of rotatable bonds is 10. The number of aliphatic imine (C=N–C) groups is 3. The molecule has 0 aromatic carbocycles. The molecule has 1 heterocycles. The minimum atomic E-state index is 0.0794. The van der Waals surface area contributed by atoms with Gasteiger partial charge in [-0.05, 0) is 57.7 Å². The van der Waals surface area contributed by atoms with Crippen LogP contribution in [0.5, 0.6) is 0 Å². The number of nitrogens with zero attached hydrogens (tertiary/aromatic N) is 5. The second-order valence-electron chi connectivity index (χ2n) is 7.04. The van der Waals surface area contributed by atoms with Gasteiger partial charge < -0.3 is 10.2 Å². The van der Waals surface area contributed by atoms with Gasteiger partial charge in [0, 0.05) is 24.2 Å². The van der Waals surface area contributed by atoms with E-state index in [1.165, 1.54) is 12.8 Å². The van der Waals surface area contributed by atoms with E-state index >= 15 is 0 Å². The van der Waals surface area contributed by atoms with Crippen LogP contribution in [0.25, 0.3) is 0 Å². The van der Waals surface area contributed by atoms with Crippen LogP contribution >= 0.6 is 23.4 Å². The lowest BCUT2D eigenvalue weighted by atomic mass is 10.1. The number of nitrogens with one attached hydrogen (secondary N) is 1. The third kappa shape index (κ3) is 6.67. The van der Waals surface area contributed by atoms with Crippen LogP contribution in [0.15, 0.2) is 49.6 Å². The Bertz CT molecular complexity index is 832. The number of likely N-dealkylation sites (N-methyl/N-ethyl adjacent to an activating group) is 1. The van der Waals surface area contributed by atoms with Gasteiger partial charge in [0.05, 0.1) is 17.9 Å². The number of hydrogen-bond acceptors (Lipinski definition) is 6. The second kappa shape index (κ2) is 11.9. The average Bonchev–Trinajstić information content (AvgIpc) is 3.62. The first-order chi connectivity index (χ1) is 14.4. The van der Waals surface area contributed by atoms with Crippen LogP contribution in [0, 0.1) is 5.92 Å². The Hall–Kier alpha value is -2.19. The maximum atomic E-state index is 11.7. The highest BCUT2D eigenvalue weighted by Crippen LogP contribution is 2.35. The topological polar surface area (TPSA) is 82.3 Å². The molecule has 1 aromatic heterocycles. The van der Waals surface area contributed by atoms with Crippen molar-refractivity contribution in [2.24, 2.45) is 20.9 Å². The summed E-state index contributed by atoms with van der Waals surface area (Å²) >= 11 is 7.57. The number of thioether (sulfide) groups is 1. The molecule has 30 heavy (non-hydrogen) atoms. The number of pyridine rings is 1. The van der Waals surface area contributed by atoms with Gasteiger partial charge in [-0.25, -0.2) is 4.99 Å². The molecular formula is C21H29ClN6OS. The van der Waals surface area contributed by atoms with Crippen LogP contribution in [0.1, 0.15) is 32.4 Å². The van der Waals surface area contributed by atoms with E-state index in [0.29, 0.717) is 36.0 Å². The minimum absolute atomic E-state index is 0.0794. The zero-order chi connectivity index (χ0) is 22.1. The fourth-order valence-electron chi connectivity index (χ4n) is 2.91. The van der Waals surface area contributed by atoms with Crippen LogP contribution in [0.4, 0.5) is 0 Å². The number of hydrogen-bond donors (Lipinski definition) is 1. The van der Waals surface area contributed by atoms with Gasteiger partial charge in [0.25, 0.3) is 0 Å². The van der Waals surface area contributed by atoms with Crippen molar-refractivity contribution in [3.8, 4) is 0 Å². The Kier molecular flexibility index (Phi) is 9.52. The molecule has 0 radical (unpaired) electrons. The molecule has 0 amide bonds. The first-order valence-electron chi connectivity index (χ1n) is 9.73. The monoisotopic (exact) mass is 448 g/mol. The molecule has 162 valence electrons. The minimum Gasteiger partial charge on any atom is -0.362 e. The van der Waals surface area contributed by atoms with Gasteiger partial charge in [-0.15, -0.1) is 23.4 Å². The first kappa shape index (κ1) is 24.1. The van der Waals surface area contributed by atoms with E-state index in [1.807, 2.05) is 25.4 Å². The van der Waals surface area contributed by atoms with E-state index in [4.69, 9.17) is 11.6 Å². The van der Waals surface area contributed by atoms with Crippen molar-refractivity contribution in [2.75, 3.05) is 19.3 Å². The van der Waals surface area contributed by atoms with Crippen molar-refractivity contribution in [1.29, 1.82) is 0 Å². The molecule has 1 saturated carbocycles. The van der Waals surface area contributed by atoms with Gasteiger partial charge in [0.2, 0.25) is 0 Å². The standard InChI is InChI=1S/C21H29ClN6OS/c1-14(23-3)20(21(26-13-22)28(4)15(2)16-6-7-16)27-19(12-29)25-10-17-8-9-18(30-5)11-24-17/h8-9,11-12,15-16H,3,6-7,10,13H2,1-2,4-5H3,(H,25,27)/b20-14+,26-21+. The quantitative estimate of drug-likeness (QED) is 0.147. The molecule has 0 bridgehead atoms. The number of aromatic nitrogens is 1. The average molecular weight is 449 g/mol. The number of carbonyl (C=O) groups excluding carboxylic acids is 1. The summed E-state index contributed by atoms with van der Waals surface area (Å²) in [6.07, 6.45) is 6.87. The van der Waals surface area contributed by atoms with E-state index in [0.717, 1.165) is 10.6 Å². The maximum Gasteiger partial charge on any atom is 0.185 e. The van der Waals surface area contributed by atoms with Crippen LogP contribution in [0.3, 0.4) is 0 Å². The summed E-state index contributed by atoms with van der Waals surface area (Å²) < 4.78 is 0. The van der Waals surface area contributed by atoms with Gasteiger partial charge in [0.1, 0.15) is 11.7 Å². The Morgan fingerprint density at radius 3 is 2.73 bits per heavy atom. The Morgan fingerprint density at radius 2 is 2.23 bits per heavy atom. The Morgan fingerprint density at radius 1 is 1.50 bits per heavy atom. The van der Waals surface area contributed by atoms with E-state index < -0.39 is 0 Å². The molecule has 0 saturated heterocycles. The number of halogens is 1. The Balaban J connectivity index is 2.28. The zero-order valence-corrected chi connectivity index (χ0v) is 19.5. The lowest BCUT2D eigenvalue weighted by Gasteiger charge is -2.29. The van der Waals surface area contributed by atoms with Crippen LogP contribution in [0.2, 0.25) is 0 Å². The highest BCUT2D eigenvalue weighted by molar-refractivity contribution is 7.98. The van der Waals surface area contributed by atoms with Gasteiger partial charge in [-0.2, -0.15) is 0 Å². The van der Waals surface area contributed by atoms with Crippen LogP contribution in [-0.2, 0) is 11.3 Å². The van der Waals surface area contributed by atoms with Gasteiger partial charge in [0.15, 0.2) is 18.0 Å². The van der Waals surface area contributed by atoms with Gasteiger partial charge in [-0.1, -0.05) is 0 Å². The summed E-state index contributed by atoms with van der Waals surface area (Å²) in [4.78, 5) is 32.2. The second-order valence-corrected chi connectivity index (χ2v) is 8.16. The van der Waals surface area contributed by atoms with E-state index in [2.05, 4.69) is 43.8 Å². The van der Waals surface area contributed by atoms with Crippen molar-refractivity contribution < 1.29 is 4.79 Å². The smallest absolute Gasteiger partial charge is 0.185 e. The van der Waals surface area contributed by atoms with E-state index in [-0.39, 0.29) is 17.9 Å². The molecular weight excluding hydrogens is 420 g/mol. The van der Waals surface area contributed by atoms with Crippen molar-refractivity contribution in [3.05, 3.63) is 35.4 Å². The molecule has 1 fully saturated rings. The normalized spacial score (nSPS) is 16.6. The lowest BCUT2D eigenvalue weighted by Crippen LogP contribution is -2.38. The van der Waals surface area contributed by atoms with Crippen LogP contribution < -0.4 is 5.32 Å². The predicted molar refractivity (Wildman–Crippen MR) is 127 cm³/mol. The third-order valence-electron chi connectivity index (χ3n) is 5.08. The predicted octanol–water partition coefficient (Wildman–Crippen LogP) is 3.75. The third-order valence-corrected chi connectivity index (χ3v) is 5.91. The van der Waals surface area contributed by atoms with E-state index in [9.17, 15) is 4.79 Å². The van der Waals surface area contributed by atoms with Crippen LogP contribution in [-0.4, -0.2) is 59.9 Å². The molecule has 1 atom stereocenters. The number of carbonyl (C=O) groups is 1. The number of amidine groups is 2. The van der Waals surface area contributed by atoms with E-state index in [1.54, 1.807) is 24.9 Å². The summed E-state index contributed by atoms with van der Waals surface area (Å²) in [5.41, 5.74) is 1.85. The molecule has 1 aliphatic rings. The van der Waals surface area contributed by atoms with Gasteiger partial charge >= 0.3 is 0 Å². The van der Waals surface area contributed by atoms with Crippen molar-refractivity contribution in [3.63, 3.8) is 0 Å². The molecule has 1 aliphatic carbocycles. The molecule has 1 unspecified atom stereocenters. The largest absolute Gasteiger partial charge is 0.362 e. The molecule has 0 spiro atoms. The Labute approximate surface area is 187 Å². The van der Waals surface area contributed by atoms with Crippen molar-refractivity contribution in [2.45, 2.75) is 44.2 Å². The highest BCUT2D eigenvalue weighted by atomic mass is 35.5. The summed E-state index contributed by atoms with van der Waals surface area (Å²) in [6, 6.07) is 4.26. The number of aldehydes is 1. The number of alkyl halides is 1. The lowest BCUT2D eigenvalue weighted by molar-refractivity contribution is -0.102. The summed E-state index contributed by atoms with van der Waals surface area (Å²) in [7, 11) is 1.96. The SMILES string of the molecule is C=N/C(C)=C(/N=C(\C=O)NCc1ccc(SC)cn1)C(=N/CCl)\N(C)C(C)C1CC1. The zero-order valence-electron chi connectivity index (χ0n) is 17.9. The van der Waals surface area contributed by atoms with Crippen molar-refractivity contribution >= 4 is 48.0 Å². The molecule has 1 aromatic rings. The molecule has 7 nitrogen and oxygen atoms in total. The maximum absolute atomic E-state index is 11.7.